The molecule has 0 spiro atoms. The molecule has 1 N–H and O–H groups in total. The van der Waals surface area contributed by atoms with Crippen molar-refractivity contribution in [2.24, 2.45) is 17.8 Å². The van der Waals surface area contributed by atoms with Crippen molar-refractivity contribution in [2.45, 2.75) is 18.4 Å². The Morgan fingerprint density at radius 3 is 2.87 bits per heavy atom. The van der Waals surface area contributed by atoms with Crippen molar-refractivity contribution < 1.29 is 14.3 Å². The van der Waals surface area contributed by atoms with Crippen molar-refractivity contribution in [3.05, 3.63) is 12.2 Å². The average molecular weight is 207 g/mol. The van der Waals surface area contributed by atoms with Crippen molar-refractivity contribution in [1.82, 2.24) is 5.32 Å². The quantitative estimate of drug-likeness (QED) is 0.495. The third kappa shape index (κ3) is 0.951. The number of hydrogen-bond acceptors (Lipinski definition) is 3. The van der Waals surface area contributed by atoms with Gasteiger partial charge in [-0.1, -0.05) is 12.2 Å². The molecule has 3 aliphatic carbocycles. The van der Waals surface area contributed by atoms with Crippen LogP contribution in [0.15, 0.2) is 12.2 Å². The molecule has 0 aromatic heterocycles. The summed E-state index contributed by atoms with van der Waals surface area (Å²) in [5.74, 6) is -0.574. The third-order valence-corrected chi connectivity index (χ3v) is 4.05. The molecule has 0 aromatic rings. The van der Waals surface area contributed by atoms with Gasteiger partial charge in [-0.2, -0.15) is 0 Å². The van der Waals surface area contributed by atoms with Gasteiger partial charge in [0.05, 0.1) is 17.4 Å². The predicted octanol–water partition coefficient (Wildman–Crippen LogP) is 0.240. The topological polar surface area (TPSA) is 55.4 Å². The van der Waals surface area contributed by atoms with E-state index in [2.05, 4.69) is 5.32 Å². The lowest BCUT2D eigenvalue weighted by atomic mass is 9.60. The van der Waals surface area contributed by atoms with E-state index < -0.39 is 5.60 Å². The molecule has 4 atom stereocenters. The predicted molar refractivity (Wildman–Crippen MR) is 51.7 cm³/mol. The summed E-state index contributed by atoms with van der Waals surface area (Å²) >= 11 is 0. The lowest BCUT2D eigenvalue weighted by molar-refractivity contribution is -0.140. The van der Waals surface area contributed by atoms with E-state index in [0.29, 0.717) is 0 Å². The number of carbonyl (C=O) groups is 2. The first kappa shape index (κ1) is 9.09. The number of imide groups is 1. The van der Waals surface area contributed by atoms with Gasteiger partial charge in [0.1, 0.15) is 0 Å². The van der Waals surface area contributed by atoms with Gasteiger partial charge in [-0.3, -0.25) is 14.9 Å². The lowest BCUT2D eigenvalue weighted by Gasteiger charge is -2.46. The Morgan fingerprint density at radius 1 is 1.47 bits per heavy atom. The van der Waals surface area contributed by atoms with Crippen molar-refractivity contribution >= 4 is 11.8 Å². The molecule has 4 heteroatoms. The van der Waals surface area contributed by atoms with Gasteiger partial charge >= 0.3 is 0 Å². The van der Waals surface area contributed by atoms with E-state index in [9.17, 15) is 9.59 Å². The first-order valence-electron chi connectivity index (χ1n) is 5.27. The number of ether oxygens (including phenoxy) is 1. The monoisotopic (exact) mass is 207 g/mol. The van der Waals surface area contributed by atoms with Gasteiger partial charge in [-0.15, -0.1) is 0 Å². The van der Waals surface area contributed by atoms with E-state index in [1.165, 1.54) is 0 Å². The average Bonchev–Trinajstić information content (AvgIpc) is 2.59. The van der Waals surface area contributed by atoms with E-state index >= 15 is 0 Å². The van der Waals surface area contributed by atoms with Crippen LogP contribution < -0.4 is 5.32 Å². The Morgan fingerprint density at radius 2 is 2.27 bits per heavy atom. The number of amides is 2. The number of nitrogens with one attached hydrogen (secondary N) is 1. The Labute approximate surface area is 87.7 Å². The number of allylic oxidation sites excluding steroid dienone is 1. The Kier molecular flexibility index (Phi) is 1.63. The molecule has 4 nitrogen and oxygen atoms in total. The first-order chi connectivity index (χ1) is 7.18. The molecule has 2 bridgehead atoms. The van der Waals surface area contributed by atoms with Gasteiger partial charge in [0.2, 0.25) is 11.8 Å². The highest BCUT2D eigenvalue weighted by atomic mass is 16.5. The summed E-state index contributed by atoms with van der Waals surface area (Å²) < 4.78 is 5.50. The van der Waals surface area contributed by atoms with E-state index in [1.807, 2.05) is 12.2 Å². The molecule has 1 saturated heterocycles. The fourth-order valence-corrected chi connectivity index (χ4v) is 3.28. The summed E-state index contributed by atoms with van der Waals surface area (Å²) in [6.07, 6.45) is 5.78. The number of rotatable bonds is 1. The van der Waals surface area contributed by atoms with E-state index in [-0.39, 0.29) is 29.6 Å². The first-order valence-corrected chi connectivity index (χ1v) is 5.27. The van der Waals surface area contributed by atoms with Crippen molar-refractivity contribution in [3.8, 4) is 0 Å². The minimum absolute atomic E-state index is 0.125. The van der Waals surface area contributed by atoms with Gasteiger partial charge < -0.3 is 4.74 Å². The molecule has 4 aliphatic rings. The maximum absolute atomic E-state index is 11.7. The largest absolute Gasteiger partial charge is 0.373 e. The van der Waals surface area contributed by atoms with Crippen LogP contribution in [0.2, 0.25) is 0 Å². The molecular formula is C11H13NO3. The second-order valence-electron chi connectivity index (χ2n) is 4.58. The summed E-state index contributed by atoms with van der Waals surface area (Å²) in [4.78, 5) is 23.4. The highest BCUT2D eigenvalue weighted by Gasteiger charge is 2.60. The molecular weight excluding hydrogens is 194 g/mol. The van der Waals surface area contributed by atoms with Crippen LogP contribution >= 0.6 is 0 Å². The highest BCUT2D eigenvalue weighted by molar-refractivity contribution is 6.06. The number of carbonyl (C=O) groups excluding carboxylic acids is 2. The van der Waals surface area contributed by atoms with Crippen molar-refractivity contribution in [3.63, 3.8) is 0 Å². The van der Waals surface area contributed by atoms with Crippen LogP contribution in [0.4, 0.5) is 0 Å². The lowest BCUT2D eigenvalue weighted by Crippen LogP contribution is -2.52. The van der Waals surface area contributed by atoms with Crippen molar-refractivity contribution in [1.29, 1.82) is 0 Å². The molecule has 0 unspecified atom stereocenters. The standard InChI is InChI=1S/C11H13NO3/c1-15-11-4-2-6(3-5-11)7-8(11)10(14)12-9(7)13/h2,4,6-8H,3,5H2,1H3,(H,12,13,14)/t6-,7-,8+,11-/m0/s1. The Balaban J connectivity index is 2.11. The smallest absolute Gasteiger partial charge is 0.233 e. The summed E-state index contributed by atoms with van der Waals surface area (Å²) in [6, 6.07) is 0. The zero-order chi connectivity index (χ0) is 10.6. The summed E-state index contributed by atoms with van der Waals surface area (Å²) in [5, 5.41) is 2.42. The van der Waals surface area contributed by atoms with Gasteiger partial charge in [0, 0.05) is 7.11 Å². The zero-order valence-electron chi connectivity index (χ0n) is 8.53. The summed E-state index contributed by atoms with van der Waals surface area (Å²) in [7, 11) is 1.61. The normalized spacial score (nSPS) is 46.9. The molecule has 15 heavy (non-hydrogen) atoms. The van der Waals surface area contributed by atoms with Gasteiger partial charge in [0.25, 0.3) is 0 Å². The second kappa shape index (κ2) is 2.70. The fourth-order valence-electron chi connectivity index (χ4n) is 3.28. The maximum atomic E-state index is 11.7. The van der Waals surface area contributed by atoms with Gasteiger partial charge in [-0.05, 0) is 18.8 Å². The van der Waals surface area contributed by atoms with Crippen LogP contribution in [-0.4, -0.2) is 24.5 Å². The Bertz CT molecular complexity index is 376. The summed E-state index contributed by atoms with van der Waals surface area (Å²) in [6.45, 7) is 0. The summed E-state index contributed by atoms with van der Waals surface area (Å²) in [5.41, 5.74) is -0.532. The molecule has 1 saturated carbocycles. The van der Waals surface area contributed by atoms with Crippen LogP contribution in [0.3, 0.4) is 0 Å². The van der Waals surface area contributed by atoms with E-state index in [1.54, 1.807) is 7.11 Å². The molecule has 0 aromatic carbocycles. The zero-order valence-corrected chi connectivity index (χ0v) is 8.53. The molecule has 80 valence electrons. The van der Waals surface area contributed by atoms with Crippen LogP contribution in [-0.2, 0) is 14.3 Å². The molecule has 4 rings (SSSR count). The second-order valence-corrected chi connectivity index (χ2v) is 4.58. The van der Waals surface area contributed by atoms with Crippen molar-refractivity contribution in [2.75, 3.05) is 7.11 Å². The van der Waals surface area contributed by atoms with Crippen LogP contribution in [0.25, 0.3) is 0 Å². The van der Waals surface area contributed by atoms with Crippen LogP contribution in [0.5, 0.6) is 0 Å². The minimum atomic E-state index is -0.532. The molecule has 1 aliphatic heterocycles. The SMILES string of the molecule is CO[C@@]12C=C[C@@H](CC1)[C@@H]1C(=O)NC(=O)[C@@H]12. The molecule has 2 amide bonds. The fraction of sp³-hybridized carbons (Fsp3) is 0.636. The molecule has 1 heterocycles. The van der Waals surface area contributed by atoms with E-state index in [4.69, 9.17) is 4.74 Å². The number of methoxy groups -OCH3 is 1. The number of hydrogen-bond donors (Lipinski definition) is 1. The Hall–Kier alpha value is -1.16. The molecule has 2 fully saturated rings. The molecule has 0 radical (unpaired) electrons. The minimum Gasteiger partial charge on any atom is -0.373 e. The van der Waals surface area contributed by atoms with Crippen LogP contribution in [0.1, 0.15) is 12.8 Å². The van der Waals surface area contributed by atoms with E-state index in [0.717, 1.165) is 12.8 Å². The third-order valence-electron chi connectivity index (χ3n) is 4.05. The van der Waals surface area contributed by atoms with Gasteiger partial charge in [0.15, 0.2) is 0 Å². The highest BCUT2D eigenvalue weighted by Crippen LogP contribution is 2.51. The maximum Gasteiger partial charge on any atom is 0.233 e. The number of fused-ring (bicyclic) bond motifs is 1. The van der Waals surface area contributed by atoms with Crippen LogP contribution in [0, 0.1) is 17.8 Å². The van der Waals surface area contributed by atoms with Gasteiger partial charge in [-0.25, -0.2) is 0 Å².